The van der Waals surface area contributed by atoms with Crippen LogP contribution in [0.25, 0.3) is 0 Å². The van der Waals surface area contributed by atoms with Gasteiger partial charge in [-0.05, 0) is 19.1 Å². The van der Waals surface area contributed by atoms with Crippen molar-refractivity contribution in [3.8, 4) is 0 Å². The van der Waals surface area contributed by atoms with Crippen LogP contribution in [0.3, 0.4) is 0 Å². The predicted octanol–water partition coefficient (Wildman–Crippen LogP) is 1.90. The lowest BCUT2D eigenvalue weighted by Crippen LogP contribution is -2.56. The molecule has 1 aromatic rings. The van der Waals surface area contributed by atoms with Gasteiger partial charge in [-0.1, -0.05) is 18.2 Å². The van der Waals surface area contributed by atoms with E-state index in [2.05, 4.69) is 5.32 Å². The second-order valence-electron chi connectivity index (χ2n) is 4.57. The van der Waals surface area contributed by atoms with Crippen molar-refractivity contribution >= 4 is 17.8 Å². The first-order valence-corrected chi connectivity index (χ1v) is 6.18. The van der Waals surface area contributed by atoms with E-state index < -0.39 is 6.09 Å². The normalized spacial score (nSPS) is 19.1. The van der Waals surface area contributed by atoms with Crippen molar-refractivity contribution in [1.29, 1.82) is 0 Å². The van der Waals surface area contributed by atoms with Crippen molar-refractivity contribution in [2.75, 3.05) is 25.0 Å². The maximum absolute atomic E-state index is 12.1. The summed E-state index contributed by atoms with van der Waals surface area (Å²) in [5.41, 5.74) is 0.736. The number of piperazine rings is 1. The molecule has 2 N–H and O–H groups in total. The molecule has 0 aromatic heterocycles. The molecule has 1 atom stereocenters. The molecule has 0 spiro atoms. The van der Waals surface area contributed by atoms with Crippen LogP contribution in [0.1, 0.15) is 6.92 Å². The van der Waals surface area contributed by atoms with Crippen molar-refractivity contribution < 1.29 is 14.7 Å². The molecule has 1 heterocycles. The number of carbonyl (C=O) groups is 2. The van der Waals surface area contributed by atoms with Crippen LogP contribution in [0.2, 0.25) is 0 Å². The average molecular weight is 263 g/mol. The first-order valence-electron chi connectivity index (χ1n) is 6.18. The highest BCUT2D eigenvalue weighted by Gasteiger charge is 2.29. The number of carboxylic acid groups (broad SMARTS) is 1. The number of para-hydroxylation sites is 1. The third kappa shape index (κ3) is 3.15. The molecule has 6 nitrogen and oxygen atoms in total. The van der Waals surface area contributed by atoms with Crippen molar-refractivity contribution in [3.63, 3.8) is 0 Å². The molecule has 0 bridgehead atoms. The minimum atomic E-state index is -0.935. The van der Waals surface area contributed by atoms with Gasteiger partial charge in [-0.3, -0.25) is 0 Å². The van der Waals surface area contributed by atoms with Crippen LogP contribution < -0.4 is 5.32 Å². The fraction of sp³-hybridized carbons (Fsp3) is 0.385. The van der Waals surface area contributed by atoms with Gasteiger partial charge in [0.1, 0.15) is 0 Å². The first kappa shape index (κ1) is 13.2. The number of nitrogens with one attached hydrogen (secondary N) is 1. The van der Waals surface area contributed by atoms with Gasteiger partial charge in [-0.15, -0.1) is 0 Å². The third-order valence-electron chi connectivity index (χ3n) is 3.18. The highest BCUT2D eigenvalue weighted by molar-refractivity contribution is 5.89. The van der Waals surface area contributed by atoms with Crippen LogP contribution in [0.15, 0.2) is 30.3 Å². The molecule has 2 rings (SSSR count). The number of rotatable bonds is 1. The van der Waals surface area contributed by atoms with E-state index in [4.69, 9.17) is 5.11 Å². The Labute approximate surface area is 111 Å². The highest BCUT2D eigenvalue weighted by atomic mass is 16.4. The van der Waals surface area contributed by atoms with E-state index in [1.807, 2.05) is 37.3 Å². The topological polar surface area (TPSA) is 72.9 Å². The molecule has 1 aromatic carbocycles. The van der Waals surface area contributed by atoms with Gasteiger partial charge in [0.15, 0.2) is 0 Å². The number of urea groups is 1. The number of anilines is 1. The van der Waals surface area contributed by atoms with E-state index in [0.29, 0.717) is 19.6 Å². The molecule has 1 aliphatic heterocycles. The maximum atomic E-state index is 12.1. The van der Waals surface area contributed by atoms with Crippen LogP contribution in [0.5, 0.6) is 0 Å². The number of nitrogens with zero attached hydrogens (tertiary/aromatic N) is 2. The number of hydrogen-bond donors (Lipinski definition) is 2. The van der Waals surface area contributed by atoms with Gasteiger partial charge in [0, 0.05) is 31.4 Å². The summed E-state index contributed by atoms with van der Waals surface area (Å²) in [5.74, 6) is 0. The third-order valence-corrected chi connectivity index (χ3v) is 3.18. The molecule has 1 aliphatic rings. The molecular formula is C13H17N3O3. The Hall–Kier alpha value is -2.24. The van der Waals surface area contributed by atoms with Crippen LogP contribution in [-0.4, -0.2) is 52.7 Å². The van der Waals surface area contributed by atoms with Gasteiger partial charge >= 0.3 is 12.1 Å². The largest absolute Gasteiger partial charge is 0.465 e. The summed E-state index contributed by atoms with van der Waals surface area (Å²) >= 11 is 0. The van der Waals surface area contributed by atoms with E-state index in [-0.39, 0.29) is 12.1 Å². The maximum Gasteiger partial charge on any atom is 0.407 e. The van der Waals surface area contributed by atoms with E-state index in [0.717, 1.165) is 5.69 Å². The van der Waals surface area contributed by atoms with Crippen molar-refractivity contribution in [3.05, 3.63) is 30.3 Å². The number of benzene rings is 1. The van der Waals surface area contributed by atoms with Crippen LogP contribution in [0, 0.1) is 0 Å². The molecule has 102 valence electrons. The van der Waals surface area contributed by atoms with E-state index in [1.54, 1.807) is 4.90 Å². The SMILES string of the molecule is C[C@H]1CN(C(=O)O)CCN1C(=O)Nc1ccccc1. The summed E-state index contributed by atoms with van der Waals surface area (Å²) < 4.78 is 0. The number of carbonyl (C=O) groups excluding carboxylic acids is 1. The fourth-order valence-electron chi connectivity index (χ4n) is 2.15. The van der Waals surface area contributed by atoms with Crippen molar-refractivity contribution in [2.45, 2.75) is 13.0 Å². The lowest BCUT2D eigenvalue weighted by molar-refractivity contribution is 0.0923. The van der Waals surface area contributed by atoms with E-state index >= 15 is 0 Å². The molecular weight excluding hydrogens is 246 g/mol. The minimum absolute atomic E-state index is 0.131. The zero-order valence-corrected chi connectivity index (χ0v) is 10.7. The second-order valence-corrected chi connectivity index (χ2v) is 4.57. The molecule has 3 amide bonds. The van der Waals surface area contributed by atoms with Gasteiger partial charge in [0.25, 0.3) is 0 Å². The second kappa shape index (κ2) is 5.60. The Morgan fingerprint density at radius 3 is 2.53 bits per heavy atom. The molecule has 0 saturated carbocycles. The quantitative estimate of drug-likeness (QED) is 0.812. The van der Waals surface area contributed by atoms with Gasteiger partial charge in [-0.25, -0.2) is 9.59 Å². The minimum Gasteiger partial charge on any atom is -0.465 e. The van der Waals surface area contributed by atoms with E-state index in [9.17, 15) is 9.59 Å². The molecule has 0 unspecified atom stereocenters. The Kier molecular flexibility index (Phi) is 3.89. The lowest BCUT2D eigenvalue weighted by Gasteiger charge is -2.38. The summed E-state index contributed by atoms with van der Waals surface area (Å²) in [6.45, 7) is 2.95. The summed E-state index contributed by atoms with van der Waals surface area (Å²) in [7, 11) is 0. The van der Waals surface area contributed by atoms with Gasteiger partial charge in [-0.2, -0.15) is 0 Å². The molecule has 1 fully saturated rings. The highest BCUT2D eigenvalue weighted by Crippen LogP contribution is 2.13. The van der Waals surface area contributed by atoms with Crippen molar-refractivity contribution in [1.82, 2.24) is 9.80 Å². The first-order chi connectivity index (χ1) is 9.08. The predicted molar refractivity (Wildman–Crippen MR) is 71.2 cm³/mol. The van der Waals surface area contributed by atoms with Crippen LogP contribution in [0.4, 0.5) is 15.3 Å². The Bertz CT molecular complexity index is 463. The molecule has 0 radical (unpaired) electrons. The van der Waals surface area contributed by atoms with Crippen molar-refractivity contribution in [2.24, 2.45) is 0 Å². The Balaban J connectivity index is 1.95. The fourth-order valence-corrected chi connectivity index (χ4v) is 2.15. The van der Waals surface area contributed by atoms with Gasteiger partial charge < -0.3 is 20.2 Å². The molecule has 6 heteroatoms. The molecule has 19 heavy (non-hydrogen) atoms. The van der Waals surface area contributed by atoms with Crippen LogP contribution >= 0.6 is 0 Å². The summed E-state index contributed by atoms with van der Waals surface area (Å²) in [5, 5.41) is 11.7. The smallest absolute Gasteiger partial charge is 0.407 e. The number of hydrogen-bond acceptors (Lipinski definition) is 2. The Morgan fingerprint density at radius 2 is 1.95 bits per heavy atom. The zero-order chi connectivity index (χ0) is 13.8. The molecule has 1 saturated heterocycles. The van der Waals surface area contributed by atoms with Gasteiger partial charge in [0.05, 0.1) is 0 Å². The summed E-state index contributed by atoms with van der Waals surface area (Å²) in [4.78, 5) is 26.0. The number of amides is 3. The average Bonchev–Trinajstić information content (AvgIpc) is 2.39. The standard InChI is InChI=1S/C13H17N3O3/c1-10-9-15(13(18)19)7-8-16(10)12(17)14-11-5-3-2-4-6-11/h2-6,10H,7-9H2,1H3,(H,14,17)(H,18,19)/t10-/m0/s1. The zero-order valence-electron chi connectivity index (χ0n) is 10.7. The van der Waals surface area contributed by atoms with E-state index in [1.165, 1.54) is 4.90 Å². The summed E-state index contributed by atoms with van der Waals surface area (Å²) in [6, 6.07) is 8.89. The van der Waals surface area contributed by atoms with Gasteiger partial charge in [0.2, 0.25) is 0 Å². The lowest BCUT2D eigenvalue weighted by atomic mass is 10.2. The summed E-state index contributed by atoms with van der Waals surface area (Å²) in [6.07, 6.45) is -0.935. The monoisotopic (exact) mass is 263 g/mol. The molecule has 0 aliphatic carbocycles. The Morgan fingerprint density at radius 1 is 1.26 bits per heavy atom. The van der Waals surface area contributed by atoms with Crippen LogP contribution in [-0.2, 0) is 0 Å².